The summed E-state index contributed by atoms with van der Waals surface area (Å²) < 4.78 is 14.0. The Balaban J connectivity index is 2.87. The molecule has 0 heterocycles. The highest BCUT2D eigenvalue weighted by Crippen LogP contribution is 2.22. The van der Waals surface area contributed by atoms with Crippen LogP contribution in [0.1, 0.15) is 39.2 Å². The third kappa shape index (κ3) is 3.70. The van der Waals surface area contributed by atoms with Crippen LogP contribution in [0.2, 0.25) is 0 Å². The smallest absolute Gasteiger partial charge is 0.146 e. The third-order valence-corrected chi connectivity index (χ3v) is 3.60. The lowest BCUT2D eigenvalue weighted by Gasteiger charge is -2.28. The Morgan fingerprint density at radius 3 is 2.33 bits per heavy atom. The van der Waals surface area contributed by atoms with Crippen LogP contribution < -0.4 is 10.6 Å². The number of halogens is 1. The van der Waals surface area contributed by atoms with Crippen LogP contribution in [0, 0.1) is 11.7 Å². The third-order valence-electron chi connectivity index (χ3n) is 3.60. The molecule has 0 spiro atoms. The first-order valence-corrected chi connectivity index (χ1v) is 6.89. The van der Waals surface area contributed by atoms with Crippen molar-refractivity contribution in [3.63, 3.8) is 0 Å². The fourth-order valence-corrected chi connectivity index (χ4v) is 2.19. The lowest BCUT2D eigenvalue weighted by Crippen LogP contribution is -2.29. The Labute approximate surface area is 110 Å². The van der Waals surface area contributed by atoms with Crippen molar-refractivity contribution in [3.05, 3.63) is 29.6 Å². The van der Waals surface area contributed by atoms with Gasteiger partial charge < -0.3 is 10.6 Å². The molecule has 0 saturated carbocycles. The van der Waals surface area contributed by atoms with Gasteiger partial charge in [0.1, 0.15) is 5.82 Å². The van der Waals surface area contributed by atoms with Gasteiger partial charge in [0.2, 0.25) is 0 Å². The summed E-state index contributed by atoms with van der Waals surface area (Å²) in [5.74, 6) is 0.462. The molecule has 1 aromatic rings. The number of rotatable bonds is 7. The van der Waals surface area contributed by atoms with E-state index in [4.69, 9.17) is 5.73 Å². The molecule has 0 aliphatic carbocycles. The Bertz CT molecular complexity index is 362. The highest BCUT2D eigenvalue weighted by molar-refractivity contribution is 5.49. The van der Waals surface area contributed by atoms with E-state index in [2.05, 4.69) is 25.7 Å². The second-order valence-electron chi connectivity index (χ2n) is 4.71. The van der Waals surface area contributed by atoms with Crippen LogP contribution in [0.4, 0.5) is 10.1 Å². The lowest BCUT2D eigenvalue weighted by molar-refractivity contribution is 0.482. The van der Waals surface area contributed by atoms with E-state index in [1.54, 1.807) is 6.07 Å². The number of hydrogen-bond donors (Lipinski definition) is 1. The van der Waals surface area contributed by atoms with E-state index in [-0.39, 0.29) is 5.82 Å². The molecule has 102 valence electrons. The first-order chi connectivity index (χ1) is 8.65. The van der Waals surface area contributed by atoms with Crippen LogP contribution in [0.5, 0.6) is 0 Å². The predicted molar refractivity (Wildman–Crippen MR) is 76.3 cm³/mol. The first kappa shape index (κ1) is 15.0. The van der Waals surface area contributed by atoms with Crippen LogP contribution in [0.3, 0.4) is 0 Å². The van der Waals surface area contributed by atoms with Crippen molar-refractivity contribution in [1.29, 1.82) is 0 Å². The lowest BCUT2D eigenvalue weighted by atomic mass is 10.0. The first-order valence-electron chi connectivity index (χ1n) is 6.89. The van der Waals surface area contributed by atoms with Crippen molar-refractivity contribution in [2.45, 2.75) is 40.2 Å². The van der Waals surface area contributed by atoms with E-state index in [1.165, 1.54) is 0 Å². The van der Waals surface area contributed by atoms with Gasteiger partial charge in [-0.15, -0.1) is 0 Å². The molecule has 0 aliphatic heterocycles. The van der Waals surface area contributed by atoms with Gasteiger partial charge in [0.15, 0.2) is 0 Å². The highest BCUT2D eigenvalue weighted by atomic mass is 19.1. The largest absolute Gasteiger partial charge is 0.369 e. The molecule has 0 atom stereocenters. The molecule has 3 heteroatoms. The van der Waals surface area contributed by atoms with Gasteiger partial charge in [-0.1, -0.05) is 32.8 Å². The number of benzene rings is 1. The van der Waals surface area contributed by atoms with Gasteiger partial charge in [-0.2, -0.15) is 0 Å². The summed E-state index contributed by atoms with van der Waals surface area (Å²) >= 11 is 0. The zero-order valence-corrected chi connectivity index (χ0v) is 11.7. The van der Waals surface area contributed by atoms with E-state index in [9.17, 15) is 4.39 Å². The van der Waals surface area contributed by atoms with Crippen LogP contribution >= 0.6 is 0 Å². The summed E-state index contributed by atoms with van der Waals surface area (Å²) in [5.41, 5.74) is 7.06. The second kappa shape index (κ2) is 7.37. The molecule has 2 N–H and O–H groups in total. The Hall–Kier alpha value is -1.09. The Kier molecular flexibility index (Phi) is 6.13. The summed E-state index contributed by atoms with van der Waals surface area (Å²) in [7, 11) is 0. The number of nitrogens with zero attached hydrogens (tertiary/aromatic N) is 1. The molecule has 0 aliphatic rings. The average molecular weight is 252 g/mol. The maximum Gasteiger partial charge on any atom is 0.146 e. The summed E-state index contributed by atoms with van der Waals surface area (Å²) in [5, 5.41) is 0. The van der Waals surface area contributed by atoms with Crippen LogP contribution in [-0.4, -0.2) is 13.1 Å². The molecule has 0 radical (unpaired) electrons. The maximum absolute atomic E-state index is 14.0. The monoisotopic (exact) mass is 252 g/mol. The standard InChI is InChI=1S/C15H25FN2/c1-4-12(5-2)11-18(6-3)15-8-7-13(10-17)9-14(15)16/h7-9,12H,4-6,10-11,17H2,1-3H3. The Morgan fingerprint density at radius 2 is 1.89 bits per heavy atom. The molecule has 0 bridgehead atoms. The molecule has 0 unspecified atom stereocenters. The normalized spacial score (nSPS) is 11.0. The molecule has 0 aromatic heterocycles. The fourth-order valence-electron chi connectivity index (χ4n) is 2.19. The van der Waals surface area contributed by atoms with Crippen molar-refractivity contribution < 1.29 is 4.39 Å². The molecule has 0 amide bonds. The van der Waals surface area contributed by atoms with Gasteiger partial charge in [0.25, 0.3) is 0 Å². The van der Waals surface area contributed by atoms with Crippen LogP contribution in [-0.2, 0) is 6.54 Å². The van der Waals surface area contributed by atoms with Gasteiger partial charge in [0, 0.05) is 19.6 Å². The average Bonchev–Trinajstić information content (AvgIpc) is 2.41. The van der Waals surface area contributed by atoms with E-state index in [0.29, 0.717) is 18.2 Å². The molecular formula is C15H25FN2. The molecule has 1 rings (SSSR count). The Morgan fingerprint density at radius 1 is 1.22 bits per heavy atom. The minimum absolute atomic E-state index is 0.161. The van der Waals surface area contributed by atoms with E-state index < -0.39 is 0 Å². The van der Waals surface area contributed by atoms with E-state index >= 15 is 0 Å². The maximum atomic E-state index is 14.0. The molecular weight excluding hydrogens is 227 g/mol. The van der Waals surface area contributed by atoms with Crippen LogP contribution in [0.15, 0.2) is 18.2 Å². The molecule has 2 nitrogen and oxygen atoms in total. The molecule has 0 fully saturated rings. The van der Waals surface area contributed by atoms with E-state index in [0.717, 1.165) is 31.5 Å². The van der Waals surface area contributed by atoms with Gasteiger partial charge in [-0.05, 0) is 30.5 Å². The van der Waals surface area contributed by atoms with Crippen molar-refractivity contribution in [3.8, 4) is 0 Å². The molecule has 0 saturated heterocycles. The van der Waals surface area contributed by atoms with Crippen LogP contribution in [0.25, 0.3) is 0 Å². The summed E-state index contributed by atoms with van der Waals surface area (Å²) in [4.78, 5) is 2.12. The van der Waals surface area contributed by atoms with Gasteiger partial charge in [0.05, 0.1) is 5.69 Å². The molecule has 1 aromatic carbocycles. The van der Waals surface area contributed by atoms with Crippen molar-refractivity contribution in [2.24, 2.45) is 11.7 Å². The minimum atomic E-state index is -0.161. The van der Waals surface area contributed by atoms with Gasteiger partial charge >= 0.3 is 0 Å². The van der Waals surface area contributed by atoms with Crippen molar-refractivity contribution in [2.75, 3.05) is 18.0 Å². The fraction of sp³-hybridized carbons (Fsp3) is 0.600. The van der Waals surface area contributed by atoms with Crippen molar-refractivity contribution in [1.82, 2.24) is 0 Å². The quantitative estimate of drug-likeness (QED) is 0.804. The van der Waals surface area contributed by atoms with Crippen molar-refractivity contribution >= 4 is 5.69 Å². The summed E-state index contributed by atoms with van der Waals surface area (Å²) in [6.45, 7) is 8.58. The highest BCUT2D eigenvalue weighted by Gasteiger charge is 2.14. The van der Waals surface area contributed by atoms with Gasteiger partial charge in [-0.3, -0.25) is 0 Å². The summed E-state index contributed by atoms with van der Waals surface area (Å²) in [6.07, 6.45) is 2.27. The number of hydrogen-bond acceptors (Lipinski definition) is 2. The topological polar surface area (TPSA) is 29.3 Å². The zero-order chi connectivity index (χ0) is 13.5. The predicted octanol–water partition coefficient (Wildman–Crippen LogP) is 3.55. The second-order valence-corrected chi connectivity index (χ2v) is 4.71. The molecule has 18 heavy (non-hydrogen) atoms. The van der Waals surface area contributed by atoms with E-state index in [1.807, 2.05) is 12.1 Å². The minimum Gasteiger partial charge on any atom is -0.369 e. The number of anilines is 1. The number of nitrogens with two attached hydrogens (primary N) is 1. The van der Waals surface area contributed by atoms with Gasteiger partial charge in [-0.25, -0.2) is 4.39 Å². The SMILES string of the molecule is CCC(CC)CN(CC)c1ccc(CN)cc1F. The summed E-state index contributed by atoms with van der Waals surface area (Å²) in [6, 6.07) is 5.31. The zero-order valence-electron chi connectivity index (χ0n) is 11.7.